The van der Waals surface area contributed by atoms with Crippen LogP contribution in [-0.4, -0.2) is 6.04 Å². The van der Waals surface area contributed by atoms with Gasteiger partial charge in [0, 0.05) is 23.7 Å². The highest BCUT2D eigenvalue weighted by Crippen LogP contribution is 2.16. The third-order valence-corrected chi connectivity index (χ3v) is 1.96. The zero-order valence-corrected chi connectivity index (χ0v) is 7.86. The molecule has 0 aliphatic rings. The lowest BCUT2D eigenvalue weighted by atomic mass is 10.1. The Labute approximate surface area is 80.7 Å². The number of hydrogen-bond donors (Lipinski definition) is 1. The quantitative estimate of drug-likeness (QED) is 0.801. The van der Waals surface area contributed by atoms with Crippen LogP contribution in [0.15, 0.2) is 12.1 Å². The molecule has 0 radical (unpaired) electrons. The van der Waals surface area contributed by atoms with Crippen LogP contribution in [-0.2, 0) is 6.42 Å². The predicted molar refractivity (Wildman–Crippen MR) is 48.3 cm³/mol. The topological polar surface area (TPSA) is 26.0 Å². The van der Waals surface area contributed by atoms with Gasteiger partial charge in [0.15, 0.2) is 0 Å². The smallest absolute Gasteiger partial charge is 0.132 e. The third kappa shape index (κ3) is 2.73. The molecule has 4 heteroatoms. The zero-order chi connectivity index (χ0) is 10.7. The van der Waals surface area contributed by atoms with Crippen LogP contribution in [0.5, 0.6) is 0 Å². The van der Waals surface area contributed by atoms with Crippen LogP contribution in [0.1, 0.15) is 18.9 Å². The first kappa shape index (κ1) is 11.0. The number of nitrogens with two attached hydrogens (primary N) is 1. The van der Waals surface area contributed by atoms with Crippen LogP contribution in [0, 0.1) is 17.5 Å². The summed E-state index contributed by atoms with van der Waals surface area (Å²) in [6, 6.07) is 1.23. The van der Waals surface area contributed by atoms with E-state index in [4.69, 9.17) is 5.73 Å². The fourth-order valence-corrected chi connectivity index (χ4v) is 1.18. The van der Waals surface area contributed by atoms with Gasteiger partial charge in [0.25, 0.3) is 0 Å². The molecular weight excluding hydrogens is 191 g/mol. The fourth-order valence-electron chi connectivity index (χ4n) is 1.18. The van der Waals surface area contributed by atoms with Crippen molar-refractivity contribution in [3.8, 4) is 0 Å². The minimum atomic E-state index is -0.899. The molecule has 0 amide bonds. The Morgan fingerprint density at radius 2 is 1.71 bits per heavy atom. The second-order valence-electron chi connectivity index (χ2n) is 3.36. The summed E-state index contributed by atoms with van der Waals surface area (Å²) < 4.78 is 38.6. The molecule has 0 spiro atoms. The summed E-state index contributed by atoms with van der Waals surface area (Å²) >= 11 is 0. The summed E-state index contributed by atoms with van der Waals surface area (Å²) in [5, 5.41) is 0. The van der Waals surface area contributed by atoms with E-state index >= 15 is 0 Å². The van der Waals surface area contributed by atoms with Crippen molar-refractivity contribution < 1.29 is 13.2 Å². The van der Waals surface area contributed by atoms with Gasteiger partial charge in [-0.1, -0.05) is 0 Å². The van der Waals surface area contributed by atoms with Gasteiger partial charge in [0.1, 0.15) is 17.5 Å². The van der Waals surface area contributed by atoms with Crippen LogP contribution < -0.4 is 5.73 Å². The van der Waals surface area contributed by atoms with Crippen LogP contribution in [0.25, 0.3) is 0 Å². The molecule has 1 aromatic carbocycles. The molecule has 0 aromatic heterocycles. The average Bonchev–Trinajstić information content (AvgIpc) is 2.01. The first-order chi connectivity index (χ1) is 6.50. The van der Waals surface area contributed by atoms with Crippen molar-refractivity contribution in [2.45, 2.75) is 25.8 Å². The zero-order valence-electron chi connectivity index (χ0n) is 7.86. The summed E-state index contributed by atoms with van der Waals surface area (Å²) in [6.45, 7) is 1.75. The van der Waals surface area contributed by atoms with Gasteiger partial charge in [0.2, 0.25) is 0 Å². The lowest BCUT2D eigenvalue weighted by molar-refractivity contribution is 0.514. The van der Waals surface area contributed by atoms with Crippen LogP contribution in [0.3, 0.4) is 0 Å². The molecule has 0 heterocycles. The maximum Gasteiger partial charge on any atom is 0.132 e. The molecule has 2 N–H and O–H groups in total. The first-order valence-electron chi connectivity index (χ1n) is 4.39. The third-order valence-electron chi connectivity index (χ3n) is 1.96. The van der Waals surface area contributed by atoms with E-state index in [-0.39, 0.29) is 18.0 Å². The van der Waals surface area contributed by atoms with Crippen molar-refractivity contribution in [1.82, 2.24) is 0 Å². The fraction of sp³-hybridized carbons (Fsp3) is 0.400. The molecule has 0 bridgehead atoms. The van der Waals surface area contributed by atoms with E-state index in [9.17, 15) is 13.2 Å². The van der Waals surface area contributed by atoms with Crippen LogP contribution in [0.2, 0.25) is 0 Å². The summed E-state index contributed by atoms with van der Waals surface area (Å²) in [6.07, 6.45) is 0.662. The number of benzene rings is 1. The van der Waals surface area contributed by atoms with E-state index in [2.05, 4.69) is 0 Å². The highest BCUT2D eigenvalue weighted by atomic mass is 19.1. The standard InChI is InChI=1S/C10H12F3N/c1-6(14)2-3-8-9(12)4-7(11)5-10(8)13/h4-6H,2-3,14H2,1H3/t6-/m1/s1. The average molecular weight is 203 g/mol. The van der Waals surface area contributed by atoms with Gasteiger partial charge in [-0.15, -0.1) is 0 Å². The Morgan fingerprint density at radius 1 is 1.21 bits per heavy atom. The van der Waals surface area contributed by atoms with Gasteiger partial charge in [-0.2, -0.15) is 0 Å². The van der Waals surface area contributed by atoms with Crippen molar-refractivity contribution in [1.29, 1.82) is 0 Å². The molecule has 78 valence electrons. The molecule has 0 aliphatic heterocycles. The molecule has 0 fully saturated rings. The summed E-state index contributed by atoms with van der Waals surface area (Å²) in [7, 11) is 0. The van der Waals surface area contributed by atoms with Crippen molar-refractivity contribution in [3.05, 3.63) is 35.1 Å². The van der Waals surface area contributed by atoms with Crippen molar-refractivity contribution in [2.75, 3.05) is 0 Å². The molecule has 1 rings (SSSR count). The molecule has 1 nitrogen and oxygen atoms in total. The Morgan fingerprint density at radius 3 is 2.14 bits per heavy atom. The second kappa shape index (κ2) is 4.46. The highest BCUT2D eigenvalue weighted by Gasteiger charge is 2.11. The van der Waals surface area contributed by atoms with Gasteiger partial charge >= 0.3 is 0 Å². The molecule has 0 aliphatic carbocycles. The number of halogens is 3. The van der Waals surface area contributed by atoms with Crippen LogP contribution in [0.4, 0.5) is 13.2 Å². The highest BCUT2D eigenvalue weighted by molar-refractivity contribution is 5.21. The molecule has 0 saturated carbocycles. The Kier molecular flexibility index (Phi) is 3.52. The SMILES string of the molecule is C[C@@H](N)CCc1c(F)cc(F)cc1F. The Bertz CT molecular complexity index is 300. The molecule has 14 heavy (non-hydrogen) atoms. The van der Waals surface area contributed by atoms with E-state index in [1.807, 2.05) is 0 Å². The van der Waals surface area contributed by atoms with Gasteiger partial charge in [-0.3, -0.25) is 0 Å². The largest absolute Gasteiger partial charge is 0.328 e. The predicted octanol–water partition coefficient (Wildman–Crippen LogP) is 2.38. The van der Waals surface area contributed by atoms with E-state index in [1.54, 1.807) is 6.92 Å². The van der Waals surface area contributed by atoms with E-state index in [0.717, 1.165) is 0 Å². The van der Waals surface area contributed by atoms with Crippen molar-refractivity contribution in [2.24, 2.45) is 5.73 Å². The monoisotopic (exact) mass is 203 g/mol. The maximum absolute atomic E-state index is 13.0. The normalized spacial score (nSPS) is 12.9. The lowest BCUT2D eigenvalue weighted by Gasteiger charge is -2.07. The maximum atomic E-state index is 13.0. The molecule has 0 saturated heterocycles. The Balaban J connectivity index is 2.86. The van der Waals surface area contributed by atoms with Gasteiger partial charge in [0.05, 0.1) is 0 Å². The number of hydrogen-bond acceptors (Lipinski definition) is 1. The molecular formula is C10H12F3N. The van der Waals surface area contributed by atoms with Gasteiger partial charge < -0.3 is 5.73 Å². The van der Waals surface area contributed by atoms with Crippen LogP contribution >= 0.6 is 0 Å². The molecule has 1 aromatic rings. The lowest BCUT2D eigenvalue weighted by Crippen LogP contribution is -2.16. The number of rotatable bonds is 3. The first-order valence-corrected chi connectivity index (χ1v) is 4.39. The van der Waals surface area contributed by atoms with Gasteiger partial charge in [-0.25, -0.2) is 13.2 Å². The summed E-state index contributed by atoms with van der Waals surface area (Å²) in [5.41, 5.74) is 5.36. The Hall–Kier alpha value is -1.03. The van der Waals surface area contributed by atoms with E-state index < -0.39 is 17.5 Å². The van der Waals surface area contributed by atoms with Gasteiger partial charge in [-0.05, 0) is 19.8 Å². The minimum absolute atomic E-state index is 0.0938. The summed E-state index contributed by atoms with van der Waals surface area (Å²) in [4.78, 5) is 0. The summed E-state index contributed by atoms with van der Waals surface area (Å²) in [5.74, 6) is -2.59. The minimum Gasteiger partial charge on any atom is -0.328 e. The van der Waals surface area contributed by atoms with E-state index in [1.165, 1.54) is 0 Å². The van der Waals surface area contributed by atoms with E-state index in [0.29, 0.717) is 18.6 Å². The van der Waals surface area contributed by atoms with Crippen molar-refractivity contribution in [3.63, 3.8) is 0 Å². The van der Waals surface area contributed by atoms with Crippen molar-refractivity contribution >= 4 is 0 Å². The second-order valence-corrected chi connectivity index (χ2v) is 3.36. The molecule has 0 unspecified atom stereocenters. The molecule has 1 atom stereocenters.